The lowest BCUT2D eigenvalue weighted by atomic mass is 9.67. The minimum absolute atomic E-state index is 0.236. The highest BCUT2D eigenvalue weighted by Crippen LogP contribution is 2.40. The summed E-state index contributed by atoms with van der Waals surface area (Å²) in [6.45, 7) is 5.78. The molecule has 1 unspecified atom stereocenters. The Morgan fingerprint density at radius 2 is 1.35 bits per heavy atom. The number of hydrogen-bond donors (Lipinski definition) is 0. The first-order chi connectivity index (χ1) is 12.6. The standard InChI is InChI=1S/C24H31N2/c1-21(19-26(2)17-11-3-4-12-18-26)24(20-25,22-13-7-5-8-14-22)23-15-9-6-10-16-23/h5-10,13-16,21H,3-4,11-12,17-19H2,1-2H3/q+1. The summed E-state index contributed by atoms with van der Waals surface area (Å²) < 4.78 is 1.09. The maximum absolute atomic E-state index is 10.5. The number of benzene rings is 2. The van der Waals surface area contributed by atoms with Gasteiger partial charge in [-0.3, -0.25) is 0 Å². The van der Waals surface area contributed by atoms with Crippen LogP contribution in [-0.4, -0.2) is 31.2 Å². The average molecular weight is 348 g/mol. The first-order valence-electron chi connectivity index (χ1n) is 9.97. The van der Waals surface area contributed by atoms with Crippen LogP contribution < -0.4 is 0 Å². The summed E-state index contributed by atoms with van der Waals surface area (Å²) in [5.41, 5.74) is 1.63. The van der Waals surface area contributed by atoms with E-state index in [1.54, 1.807) is 0 Å². The number of quaternary nitrogens is 1. The molecule has 26 heavy (non-hydrogen) atoms. The third-order valence-electron chi connectivity index (χ3n) is 6.23. The van der Waals surface area contributed by atoms with Crippen molar-refractivity contribution in [2.24, 2.45) is 5.92 Å². The first-order valence-corrected chi connectivity index (χ1v) is 9.97. The Balaban J connectivity index is 2.02. The second kappa shape index (κ2) is 8.06. The Labute approximate surface area is 158 Å². The lowest BCUT2D eigenvalue weighted by Gasteiger charge is -2.41. The van der Waals surface area contributed by atoms with Crippen LogP contribution in [0.4, 0.5) is 0 Å². The van der Waals surface area contributed by atoms with Crippen LogP contribution in [0, 0.1) is 17.2 Å². The summed E-state index contributed by atoms with van der Waals surface area (Å²) in [5.74, 6) is 0.236. The maximum atomic E-state index is 10.5. The summed E-state index contributed by atoms with van der Waals surface area (Å²) in [6, 6.07) is 23.5. The average Bonchev–Trinajstić information content (AvgIpc) is 2.89. The van der Waals surface area contributed by atoms with Crippen molar-refractivity contribution >= 4 is 0 Å². The maximum Gasteiger partial charge on any atom is 0.115 e. The molecule has 0 aliphatic carbocycles. The van der Waals surface area contributed by atoms with Crippen LogP contribution in [0.25, 0.3) is 0 Å². The van der Waals surface area contributed by atoms with Crippen molar-refractivity contribution in [1.29, 1.82) is 5.26 Å². The van der Waals surface area contributed by atoms with E-state index < -0.39 is 5.41 Å². The largest absolute Gasteiger partial charge is 0.326 e. The SMILES string of the molecule is CC(C[N+]1(C)CCCCCC1)C(C#N)(c1ccccc1)c1ccccc1. The molecule has 0 spiro atoms. The van der Waals surface area contributed by atoms with Gasteiger partial charge in [0.15, 0.2) is 0 Å². The van der Waals surface area contributed by atoms with Gasteiger partial charge >= 0.3 is 0 Å². The van der Waals surface area contributed by atoms with Crippen molar-refractivity contribution in [3.05, 3.63) is 71.8 Å². The summed E-state index contributed by atoms with van der Waals surface area (Å²) in [5, 5.41) is 10.5. The molecule has 136 valence electrons. The molecule has 3 rings (SSSR count). The van der Waals surface area contributed by atoms with Gasteiger partial charge in [0.1, 0.15) is 5.41 Å². The van der Waals surface area contributed by atoms with Crippen LogP contribution in [0.2, 0.25) is 0 Å². The van der Waals surface area contributed by atoms with Crippen LogP contribution in [-0.2, 0) is 5.41 Å². The number of nitrogens with zero attached hydrogens (tertiary/aromatic N) is 2. The minimum atomic E-state index is -0.601. The summed E-state index contributed by atoms with van der Waals surface area (Å²) in [7, 11) is 2.39. The molecule has 0 radical (unpaired) electrons. The lowest BCUT2D eigenvalue weighted by Crippen LogP contribution is -2.51. The van der Waals surface area contributed by atoms with Gasteiger partial charge in [0.2, 0.25) is 0 Å². The van der Waals surface area contributed by atoms with Crippen molar-refractivity contribution in [2.45, 2.75) is 38.0 Å². The molecule has 1 fully saturated rings. The zero-order valence-electron chi connectivity index (χ0n) is 16.2. The molecule has 1 saturated heterocycles. The van der Waals surface area contributed by atoms with Gasteiger partial charge in [0, 0.05) is 5.92 Å². The number of rotatable bonds is 5. The van der Waals surface area contributed by atoms with Gasteiger partial charge < -0.3 is 4.48 Å². The molecule has 1 aliphatic heterocycles. The van der Waals surface area contributed by atoms with Crippen LogP contribution in [0.15, 0.2) is 60.7 Å². The third-order valence-corrected chi connectivity index (χ3v) is 6.23. The molecule has 0 aromatic heterocycles. The van der Waals surface area contributed by atoms with Crippen molar-refractivity contribution in [2.75, 3.05) is 26.7 Å². The number of nitriles is 1. The molecule has 1 aliphatic rings. The molecular formula is C24H31N2+. The van der Waals surface area contributed by atoms with E-state index in [9.17, 15) is 5.26 Å². The van der Waals surface area contributed by atoms with Gasteiger partial charge in [0.25, 0.3) is 0 Å². The zero-order chi connectivity index (χ0) is 18.5. The molecule has 0 amide bonds. The summed E-state index contributed by atoms with van der Waals surface area (Å²) in [4.78, 5) is 0. The number of hydrogen-bond acceptors (Lipinski definition) is 1. The van der Waals surface area contributed by atoms with E-state index in [-0.39, 0.29) is 5.92 Å². The van der Waals surface area contributed by atoms with Gasteiger partial charge in [-0.15, -0.1) is 0 Å². The molecule has 1 heterocycles. The molecule has 0 saturated carbocycles. The second-order valence-corrected chi connectivity index (χ2v) is 8.22. The fraction of sp³-hybridized carbons (Fsp3) is 0.458. The van der Waals surface area contributed by atoms with Crippen LogP contribution in [0.3, 0.4) is 0 Å². The van der Waals surface area contributed by atoms with Crippen molar-refractivity contribution in [3.63, 3.8) is 0 Å². The van der Waals surface area contributed by atoms with Gasteiger partial charge in [-0.2, -0.15) is 5.26 Å². The Bertz CT molecular complexity index is 682. The quantitative estimate of drug-likeness (QED) is 0.686. The van der Waals surface area contributed by atoms with Gasteiger partial charge in [-0.1, -0.05) is 67.6 Å². The highest BCUT2D eigenvalue weighted by Gasteiger charge is 2.43. The first kappa shape index (κ1) is 18.7. The highest BCUT2D eigenvalue weighted by atomic mass is 15.3. The monoisotopic (exact) mass is 347 g/mol. The Kier molecular flexibility index (Phi) is 5.79. The summed E-state index contributed by atoms with van der Waals surface area (Å²) >= 11 is 0. The van der Waals surface area contributed by atoms with Crippen LogP contribution in [0.1, 0.15) is 43.7 Å². The van der Waals surface area contributed by atoms with Crippen molar-refractivity contribution in [3.8, 4) is 6.07 Å². The van der Waals surface area contributed by atoms with E-state index in [0.29, 0.717) is 0 Å². The van der Waals surface area contributed by atoms with Gasteiger partial charge in [-0.05, 0) is 36.8 Å². The Morgan fingerprint density at radius 1 is 0.885 bits per heavy atom. The fourth-order valence-electron chi connectivity index (χ4n) is 4.81. The molecule has 1 atom stereocenters. The Hall–Kier alpha value is -2.11. The molecule has 2 aromatic rings. The van der Waals surface area contributed by atoms with Crippen molar-refractivity contribution < 1.29 is 4.48 Å². The minimum Gasteiger partial charge on any atom is -0.326 e. The molecule has 2 heteroatoms. The zero-order valence-corrected chi connectivity index (χ0v) is 16.2. The van der Waals surface area contributed by atoms with E-state index in [4.69, 9.17) is 0 Å². The number of likely N-dealkylation sites (tertiary alicyclic amines) is 1. The molecule has 0 N–H and O–H groups in total. The van der Waals surface area contributed by atoms with E-state index >= 15 is 0 Å². The van der Waals surface area contributed by atoms with E-state index in [2.05, 4.69) is 68.6 Å². The predicted octanol–water partition coefficient (Wildman–Crippen LogP) is 5.15. The summed E-state index contributed by atoms with van der Waals surface area (Å²) in [6.07, 6.45) is 5.31. The fourth-order valence-corrected chi connectivity index (χ4v) is 4.81. The van der Waals surface area contributed by atoms with E-state index in [0.717, 1.165) is 22.2 Å². The molecule has 2 nitrogen and oxygen atoms in total. The van der Waals surface area contributed by atoms with Gasteiger partial charge in [-0.25, -0.2) is 0 Å². The van der Waals surface area contributed by atoms with Crippen molar-refractivity contribution in [1.82, 2.24) is 0 Å². The smallest absolute Gasteiger partial charge is 0.115 e. The van der Waals surface area contributed by atoms with E-state index in [1.165, 1.54) is 38.8 Å². The van der Waals surface area contributed by atoms with Gasteiger partial charge in [0.05, 0.1) is 32.8 Å². The van der Waals surface area contributed by atoms with E-state index in [1.807, 2.05) is 12.1 Å². The lowest BCUT2D eigenvalue weighted by molar-refractivity contribution is -0.912. The Morgan fingerprint density at radius 3 is 1.77 bits per heavy atom. The predicted molar refractivity (Wildman–Crippen MR) is 108 cm³/mol. The molecule has 0 bridgehead atoms. The highest BCUT2D eigenvalue weighted by molar-refractivity contribution is 5.46. The van der Waals surface area contributed by atoms with Crippen LogP contribution >= 0.6 is 0 Å². The normalized spacial score (nSPS) is 18.5. The van der Waals surface area contributed by atoms with Crippen LogP contribution in [0.5, 0.6) is 0 Å². The third kappa shape index (κ3) is 3.69. The second-order valence-electron chi connectivity index (χ2n) is 8.22. The topological polar surface area (TPSA) is 23.8 Å². The molecule has 2 aromatic carbocycles. The molecular weight excluding hydrogens is 316 g/mol.